The molecule has 0 aliphatic carbocycles. The molecule has 4 heteroatoms. The minimum absolute atomic E-state index is 0.0129. The fourth-order valence-electron chi connectivity index (χ4n) is 1.18. The molecular weight excluding hydrogens is 289 g/mol. The highest BCUT2D eigenvalue weighted by atomic mass is 79.9. The van der Waals surface area contributed by atoms with Crippen LogP contribution in [0.15, 0.2) is 29.3 Å². The molecule has 0 aliphatic heterocycles. The molecule has 1 atom stereocenters. The average Bonchev–Trinajstić information content (AvgIpc) is 2.29. The maximum atomic E-state index is 5.89. The maximum absolute atomic E-state index is 5.89. The van der Waals surface area contributed by atoms with Crippen LogP contribution in [0.5, 0.6) is 0 Å². The van der Waals surface area contributed by atoms with Gasteiger partial charge < -0.3 is 4.74 Å². The molecule has 1 aromatic carbocycles. The maximum Gasteiger partial charge on any atom is 0.102 e. The van der Waals surface area contributed by atoms with Gasteiger partial charge in [-0.25, -0.2) is 0 Å². The summed E-state index contributed by atoms with van der Waals surface area (Å²) in [6.45, 7) is 3.33. The number of alkyl halides is 1. The van der Waals surface area contributed by atoms with Gasteiger partial charge in [0.15, 0.2) is 0 Å². The third-order valence-corrected chi connectivity index (χ3v) is 2.83. The molecule has 0 amide bonds. The molecule has 0 radical (unpaired) electrons. The fourth-order valence-corrected chi connectivity index (χ4v) is 1.75. The van der Waals surface area contributed by atoms with E-state index < -0.39 is 0 Å². The molecule has 0 heterocycles. The van der Waals surface area contributed by atoms with Gasteiger partial charge in [-0.1, -0.05) is 39.7 Å². The van der Waals surface area contributed by atoms with Gasteiger partial charge in [-0.15, -0.1) is 0 Å². The number of hydrogen-bond acceptors (Lipinski definition) is 2. The van der Waals surface area contributed by atoms with Crippen molar-refractivity contribution in [1.82, 2.24) is 0 Å². The molecule has 0 aromatic heterocycles. The molecule has 0 saturated heterocycles. The lowest BCUT2D eigenvalue weighted by atomic mass is 10.2. The molecule has 0 N–H and O–H groups in total. The van der Waals surface area contributed by atoms with Gasteiger partial charge in [0.05, 0.1) is 6.61 Å². The Morgan fingerprint density at radius 2 is 2.38 bits per heavy atom. The summed E-state index contributed by atoms with van der Waals surface area (Å²) in [6, 6.07) is 7.67. The van der Waals surface area contributed by atoms with Crippen LogP contribution in [0.1, 0.15) is 12.5 Å². The lowest BCUT2D eigenvalue weighted by Gasteiger charge is -2.10. The number of ether oxygens (including phenoxy) is 1. The third kappa shape index (κ3) is 5.10. The highest BCUT2D eigenvalue weighted by Crippen LogP contribution is 2.12. The molecule has 0 aliphatic rings. The highest BCUT2D eigenvalue weighted by molar-refractivity contribution is 9.09. The first-order valence-electron chi connectivity index (χ1n) is 5.18. The van der Waals surface area contributed by atoms with Crippen LogP contribution >= 0.6 is 27.5 Å². The highest BCUT2D eigenvalue weighted by Gasteiger charge is 2.04. The van der Waals surface area contributed by atoms with E-state index in [2.05, 4.69) is 20.9 Å². The zero-order valence-electron chi connectivity index (χ0n) is 9.20. The fraction of sp³-hybridized carbons (Fsp3) is 0.417. The molecule has 0 bridgehead atoms. The van der Waals surface area contributed by atoms with Crippen LogP contribution in [0.4, 0.5) is 0 Å². The van der Waals surface area contributed by atoms with Crippen LogP contribution in [0.3, 0.4) is 0 Å². The Morgan fingerprint density at radius 3 is 3.00 bits per heavy atom. The number of halogens is 2. The number of hydrogen-bond donors (Lipinski definition) is 0. The summed E-state index contributed by atoms with van der Waals surface area (Å²) >= 11 is 9.28. The van der Waals surface area contributed by atoms with Gasteiger partial charge in [0.2, 0.25) is 0 Å². The minimum atomic E-state index is 0.0129. The van der Waals surface area contributed by atoms with E-state index in [0.717, 1.165) is 22.5 Å². The molecule has 0 unspecified atom stereocenters. The zero-order chi connectivity index (χ0) is 11.8. The predicted molar refractivity (Wildman–Crippen MR) is 72.9 cm³/mol. The van der Waals surface area contributed by atoms with Crippen LogP contribution < -0.4 is 0 Å². The van der Waals surface area contributed by atoms with Crippen molar-refractivity contribution in [3.05, 3.63) is 34.9 Å². The summed E-state index contributed by atoms with van der Waals surface area (Å²) in [5.74, 6) is 0. The van der Waals surface area contributed by atoms with Gasteiger partial charge >= 0.3 is 0 Å². The summed E-state index contributed by atoms with van der Waals surface area (Å²) in [5.41, 5.74) is 1.07. The van der Waals surface area contributed by atoms with E-state index in [4.69, 9.17) is 16.3 Å². The Balaban J connectivity index is 2.46. The largest absolute Gasteiger partial charge is 0.367 e. The standard InChI is InChI=1S/C12H15BrClNO/c1-2-15-8-12(7-13)16-9-10-4-3-5-11(14)6-10/h3-6,8,12H,2,7,9H2,1H3/t12-/m1/s1. The number of aliphatic imine (C=N–C) groups is 1. The third-order valence-electron chi connectivity index (χ3n) is 1.96. The number of rotatable bonds is 6. The van der Waals surface area contributed by atoms with Gasteiger partial charge in [-0.2, -0.15) is 0 Å². The summed E-state index contributed by atoms with van der Waals surface area (Å²) in [7, 11) is 0. The molecule has 0 fully saturated rings. The molecular formula is C12H15BrClNO. The molecule has 0 saturated carbocycles. The number of nitrogens with zero attached hydrogens (tertiary/aromatic N) is 1. The summed E-state index contributed by atoms with van der Waals surface area (Å²) in [5, 5.41) is 1.48. The van der Waals surface area contributed by atoms with E-state index in [-0.39, 0.29) is 6.10 Å². The van der Waals surface area contributed by atoms with Crippen LogP contribution in [0.25, 0.3) is 0 Å². The van der Waals surface area contributed by atoms with Crippen LogP contribution in [0, 0.1) is 0 Å². The van der Waals surface area contributed by atoms with Crippen molar-refractivity contribution in [2.45, 2.75) is 19.6 Å². The van der Waals surface area contributed by atoms with E-state index in [9.17, 15) is 0 Å². The SMILES string of the molecule is CCN=C[C@@H](CBr)OCc1cccc(Cl)c1. The van der Waals surface area contributed by atoms with Gasteiger partial charge in [-0.05, 0) is 24.6 Å². The van der Waals surface area contributed by atoms with E-state index in [0.29, 0.717) is 6.61 Å². The van der Waals surface area contributed by atoms with Gasteiger partial charge in [0, 0.05) is 23.1 Å². The monoisotopic (exact) mass is 303 g/mol. The first kappa shape index (κ1) is 13.7. The lowest BCUT2D eigenvalue weighted by Crippen LogP contribution is -2.16. The second-order valence-electron chi connectivity index (χ2n) is 3.28. The number of benzene rings is 1. The van der Waals surface area contributed by atoms with E-state index in [1.807, 2.05) is 37.4 Å². The van der Waals surface area contributed by atoms with Crippen molar-refractivity contribution in [3.8, 4) is 0 Å². The van der Waals surface area contributed by atoms with Crippen LogP contribution in [-0.2, 0) is 11.3 Å². The second kappa shape index (κ2) is 7.82. The second-order valence-corrected chi connectivity index (χ2v) is 4.37. The van der Waals surface area contributed by atoms with E-state index in [1.165, 1.54) is 0 Å². The van der Waals surface area contributed by atoms with Crippen molar-refractivity contribution in [2.75, 3.05) is 11.9 Å². The Hall–Kier alpha value is -0.380. The van der Waals surface area contributed by atoms with Crippen molar-refractivity contribution in [3.63, 3.8) is 0 Å². The molecule has 0 spiro atoms. The van der Waals surface area contributed by atoms with E-state index >= 15 is 0 Å². The molecule has 88 valence electrons. The summed E-state index contributed by atoms with van der Waals surface area (Å²) < 4.78 is 5.68. The first-order valence-corrected chi connectivity index (χ1v) is 6.68. The van der Waals surface area contributed by atoms with Gasteiger partial charge in [0.25, 0.3) is 0 Å². The van der Waals surface area contributed by atoms with Crippen molar-refractivity contribution >= 4 is 33.7 Å². The Labute approximate surface area is 110 Å². The predicted octanol–water partition coefficient (Wildman–Crippen LogP) is 3.71. The molecule has 2 nitrogen and oxygen atoms in total. The van der Waals surface area contributed by atoms with Gasteiger partial charge in [0.1, 0.15) is 6.10 Å². The summed E-state index contributed by atoms with van der Waals surface area (Å²) in [4.78, 5) is 4.17. The normalized spacial score (nSPS) is 13.2. The van der Waals surface area contributed by atoms with Crippen molar-refractivity contribution in [2.24, 2.45) is 4.99 Å². The Bertz CT molecular complexity index is 344. The van der Waals surface area contributed by atoms with Crippen molar-refractivity contribution in [1.29, 1.82) is 0 Å². The van der Waals surface area contributed by atoms with E-state index in [1.54, 1.807) is 0 Å². The van der Waals surface area contributed by atoms with Crippen LogP contribution in [0.2, 0.25) is 5.02 Å². The lowest BCUT2D eigenvalue weighted by molar-refractivity contribution is 0.102. The smallest absolute Gasteiger partial charge is 0.102 e. The first-order chi connectivity index (χ1) is 7.76. The molecule has 1 rings (SSSR count). The zero-order valence-corrected chi connectivity index (χ0v) is 11.5. The Kier molecular flexibility index (Phi) is 6.69. The average molecular weight is 305 g/mol. The quantitative estimate of drug-likeness (QED) is 0.580. The van der Waals surface area contributed by atoms with Crippen molar-refractivity contribution < 1.29 is 4.74 Å². The van der Waals surface area contributed by atoms with Crippen LogP contribution in [-0.4, -0.2) is 24.2 Å². The topological polar surface area (TPSA) is 21.6 Å². The summed E-state index contributed by atoms with van der Waals surface area (Å²) in [6.07, 6.45) is 1.85. The molecule has 16 heavy (non-hydrogen) atoms. The Morgan fingerprint density at radius 1 is 1.56 bits per heavy atom. The molecule has 1 aromatic rings. The minimum Gasteiger partial charge on any atom is -0.367 e. The van der Waals surface area contributed by atoms with Gasteiger partial charge in [-0.3, -0.25) is 4.99 Å².